The molecule has 0 aliphatic rings. The fourth-order valence-electron chi connectivity index (χ4n) is 3.98. The van der Waals surface area contributed by atoms with E-state index in [1.54, 1.807) is 7.11 Å². The highest BCUT2D eigenvalue weighted by Gasteiger charge is 2.26. The maximum absolute atomic E-state index is 13.8. The first kappa shape index (κ1) is 20.3. The summed E-state index contributed by atoms with van der Waals surface area (Å²) in [4.78, 5) is 21.9. The number of para-hydroxylation sites is 1. The Labute approximate surface area is 190 Å². The van der Waals surface area contributed by atoms with Gasteiger partial charge in [-0.05, 0) is 42.3 Å². The first-order valence-corrected chi connectivity index (χ1v) is 11.3. The third kappa shape index (κ3) is 3.76. The topological polar surface area (TPSA) is 55.0 Å². The second-order valence-electron chi connectivity index (χ2n) is 7.68. The van der Waals surface area contributed by atoms with E-state index in [2.05, 4.69) is 18.0 Å². The van der Waals surface area contributed by atoms with E-state index in [0.717, 1.165) is 43.7 Å². The zero-order valence-corrected chi connectivity index (χ0v) is 18.6. The number of aromatic nitrogens is 2. The highest BCUT2D eigenvalue weighted by molar-refractivity contribution is 8.00. The minimum atomic E-state index is -0.412. The number of carbonyl (C=O) groups excluding carboxylic acids is 1. The lowest BCUT2D eigenvalue weighted by Crippen LogP contribution is -2.10. The molecule has 0 saturated heterocycles. The molecular formula is C27H22N2O2S. The lowest BCUT2D eigenvalue weighted by molar-refractivity contribution is 0.0991. The molecule has 5 aromatic rings. The van der Waals surface area contributed by atoms with E-state index in [9.17, 15) is 4.79 Å². The van der Waals surface area contributed by atoms with Crippen molar-refractivity contribution >= 4 is 39.4 Å². The minimum absolute atomic E-state index is 0.0591. The van der Waals surface area contributed by atoms with E-state index >= 15 is 0 Å². The van der Waals surface area contributed by atoms with E-state index in [1.165, 1.54) is 11.8 Å². The van der Waals surface area contributed by atoms with Crippen molar-refractivity contribution in [2.24, 2.45) is 0 Å². The van der Waals surface area contributed by atoms with Crippen LogP contribution >= 0.6 is 11.8 Å². The van der Waals surface area contributed by atoms with Gasteiger partial charge in [-0.25, -0.2) is 4.98 Å². The van der Waals surface area contributed by atoms with E-state index in [-0.39, 0.29) is 5.78 Å². The van der Waals surface area contributed by atoms with Crippen LogP contribution in [0.2, 0.25) is 0 Å². The average Bonchev–Trinajstić information content (AvgIpc) is 3.26. The number of aryl methyl sites for hydroxylation is 1. The van der Waals surface area contributed by atoms with Gasteiger partial charge in [0.25, 0.3) is 0 Å². The quantitative estimate of drug-likeness (QED) is 0.235. The maximum Gasteiger partial charge on any atom is 0.182 e. The lowest BCUT2D eigenvalue weighted by atomic mass is 10.0. The number of methoxy groups -OCH3 is 1. The first-order chi connectivity index (χ1) is 15.6. The Kier molecular flexibility index (Phi) is 5.41. The molecule has 0 aliphatic heterocycles. The van der Waals surface area contributed by atoms with Crippen LogP contribution in [0.3, 0.4) is 0 Å². The number of pyridine rings is 1. The second kappa shape index (κ2) is 8.52. The zero-order chi connectivity index (χ0) is 22.1. The van der Waals surface area contributed by atoms with Crippen molar-refractivity contribution in [1.29, 1.82) is 0 Å². The highest BCUT2D eigenvalue weighted by Crippen LogP contribution is 2.39. The third-order valence-corrected chi connectivity index (χ3v) is 6.81. The summed E-state index contributed by atoms with van der Waals surface area (Å²) in [5.74, 6) is 0.824. The fraction of sp³-hybridized carbons (Fsp3) is 0.111. The molecule has 2 aromatic heterocycles. The minimum Gasteiger partial charge on any atom is -0.497 e. The number of H-pyrrole nitrogens is 1. The number of fused-ring (bicyclic) bond motifs is 2. The summed E-state index contributed by atoms with van der Waals surface area (Å²) in [6, 6.07) is 25.7. The number of hydrogen-bond donors (Lipinski definition) is 1. The zero-order valence-electron chi connectivity index (χ0n) is 17.8. The molecule has 0 bridgehead atoms. The Bertz CT molecular complexity index is 1430. The van der Waals surface area contributed by atoms with Gasteiger partial charge in [-0.2, -0.15) is 0 Å². The summed E-state index contributed by atoms with van der Waals surface area (Å²) in [6.07, 6.45) is 1.81. The van der Waals surface area contributed by atoms with Gasteiger partial charge < -0.3 is 9.72 Å². The van der Waals surface area contributed by atoms with Gasteiger partial charge in [0.2, 0.25) is 0 Å². The van der Waals surface area contributed by atoms with Crippen LogP contribution in [0, 0.1) is 6.92 Å². The summed E-state index contributed by atoms with van der Waals surface area (Å²) in [5.41, 5.74) is 4.59. The molecule has 5 rings (SSSR count). The van der Waals surface area contributed by atoms with E-state index in [0.29, 0.717) is 5.56 Å². The van der Waals surface area contributed by atoms with Crippen molar-refractivity contribution in [1.82, 2.24) is 9.97 Å². The number of aromatic amines is 1. The van der Waals surface area contributed by atoms with Crippen molar-refractivity contribution < 1.29 is 9.53 Å². The second-order valence-corrected chi connectivity index (χ2v) is 8.81. The Hall–Kier alpha value is -3.57. The standard InChI is InChI=1S/C27H22N2O2S/c1-17-14-25(29-24-15-19(31-2)12-13-20(17)24)32-27(18-8-4-3-5-9-18)26(30)22-16-28-23-11-7-6-10-21(22)23/h3-16,27-28H,1-2H3. The number of ketones is 1. The number of thioether (sulfide) groups is 1. The molecule has 5 heteroatoms. The van der Waals surface area contributed by atoms with Crippen molar-refractivity contribution in [3.05, 3.63) is 102 Å². The molecule has 0 spiro atoms. The van der Waals surface area contributed by atoms with Crippen LogP contribution in [0.25, 0.3) is 21.8 Å². The number of ether oxygens (including phenoxy) is 1. The van der Waals surface area contributed by atoms with E-state index < -0.39 is 5.25 Å². The summed E-state index contributed by atoms with van der Waals surface area (Å²) >= 11 is 1.48. The Morgan fingerprint density at radius 3 is 2.56 bits per heavy atom. The smallest absolute Gasteiger partial charge is 0.182 e. The molecule has 4 nitrogen and oxygen atoms in total. The summed E-state index contributed by atoms with van der Waals surface area (Å²) in [5, 5.41) is 2.41. The normalized spacial score (nSPS) is 12.2. The molecule has 0 fully saturated rings. The van der Waals surface area contributed by atoms with Crippen LogP contribution in [0.15, 0.2) is 90.1 Å². The van der Waals surface area contributed by atoms with Crippen molar-refractivity contribution in [2.45, 2.75) is 17.2 Å². The van der Waals surface area contributed by atoms with Crippen LogP contribution in [-0.2, 0) is 0 Å². The summed E-state index contributed by atoms with van der Waals surface area (Å²) in [6.45, 7) is 2.07. The molecular weight excluding hydrogens is 416 g/mol. The summed E-state index contributed by atoms with van der Waals surface area (Å²) in [7, 11) is 1.65. The van der Waals surface area contributed by atoms with Gasteiger partial charge in [0.15, 0.2) is 5.78 Å². The predicted molar refractivity (Wildman–Crippen MR) is 131 cm³/mol. The molecule has 158 valence electrons. The van der Waals surface area contributed by atoms with Crippen molar-refractivity contribution in [3.8, 4) is 5.75 Å². The number of nitrogens with one attached hydrogen (secondary N) is 1. The van der Waals surface area contributed by atoms with Gasteiger partial charge in [0, 0.05) is 34.1 Å². The third-order valence-electron chi connectivity index (χ3n) is 5.63. The Morgan fingerprint density at radius 1 is 0.969 bits per heavy atom. The molecule has 0 amide bonds. The molecule has 3 aromatic carbocycles. The van der Waals surface area contributed by atoms with E-state index in [1.807, 2.05) is 79.0 Å². The van der Waals surface area contributed by atoms with Gasteiger partial charge in [0.05, 0.1) is 22.9 Å². The van der Waals surface area contributed by atoms with Gasteiger partial charge >= 0.3 is 0 Å². The molecule has 1 atom stereocenters. The predicted octanol–water partition coefficient (Wildman–Crippen LogP) is 6.75. The van der Waals surface area contributed by atoms with Crippen molar-refractivity contribution in [2.75, 3.05) is 7.11 Å². The number of carbonyl (C=O) groups is 1. The van der Waals surface area contributed by atoms with Crippen LogP contribution < -0.4 is 4.74 Å². The molecule has 0 radical (unpaired) electrons. The molecule has 2 heterocycles. The SMILES string of the molecule is COc1ccc2c(C)cc(SC(C(=O)c3c[nH]c4ccccc34)c3ccccc3)nc2c1. The molecule has 0 saturated carbocycles. The van der Waals surface area contributed by atoms with Crippen molar-refractivity contribution in [3.63, 3.8) is 0 Å². The van der Waals surface area contributed by atoms with Gasteiger partial charge in [-0.15, -0.1) is 0 Å². The highest BCUT2D eigenvalue weighted by atomic mass is 32.2. The fourth-order valence-corrected chi connectivity index (χ4v) is 5.14. The number of nitrogens with zero attached hydrogens (tertiary/aromatic N) is 1. The van der Waals surface area contributed by atoms with Crippen LogP contribution in [0.5, 0.6) is 5.75 Å². The van der Waals surface area contributed by atoms with Crippen LogP contribution in [-0.4, -0.2) is 22.9 Å². The van der Waals surface area contributed by atoms with Gasteiger partial charge in [0.1, 0.15) is 5.75 Å². The van der Waals surface area contributed by atoms with Gasteiger partial charge in [-0.3, -0.25) is 4.79 Å². The number of Topliss-reactive ketones (excluding diaryl/α,β-unsaturated/α-hetero) is 1. The number of benzene rings is 3. The van der Waals surface area contributed by atoms with E-state index in [4.69, 9.17) is 9.72 Å². The molecule has 0 aliphatic carbocycles. The monoisotopic (exact) mass is 438 g/mol. The average molecular weight is 439 g/mol. The Balaban J connectivity index is 1.58. The maximum atomic E-state index is 13.8. The molecule has 1 unspecified atom stereocenters. The Morgan fingerprint density at radius 2 is 1.75 bits per heavy atom. The van der Waals surface area contributed by atoms with Gasteiger partial charge in [-0.1, -0.05) is 60.3 Å². The first-order valence-electron chi connectivity index (χ1n) is 10.4. The number of hydrogen-bond acceptors (Lipinski definition) is 4. The van der Waals surface area contributed by atoms with Crippen LogP contribution in [0.1, 0.15) is 26.7 Å². The van der Waals surface area contributed by atoms with Crippen LogP contribution in [0.4, 0.5) is 0 Å². The molecule has 1 N–H and O–H groups in total. The molecule has 32 heavy (non-hydrogen) atoms. The lowest BCUT2D eigenvalue weighted by Gasteiger charge is -2.16. The summed E-state index contributed by atoms with van der Waals surface area (Å²) < 4.78 is 5.38. The number of rotatable bonds is 6. The largest absolute Gasteiger partial charge is 0.497 e.